The summed E-state index contributed by atoms with van der Waals surface area (Å²) in [6, 6.07) is 22.2. The first-order valence-corrected chi connectivity index (χ1v) is 13.4. The lowest BCUT2D eigenvalue weighted by atomic mass is 9.78. The smallest absolute Gasteiger partial charge is 0.416 e. The predicted octanol–water partition coefficient (Wildman–Crippen LogP) is 7.07. The molecule has 0 aliphatic carbocycles. The van der Waals surface area contributed by atoms with Gasteiger partial charge in [-0.05, 0) is 47.5 Å². The van der Waals surface area contributed by atoms with Crippen LogP contribution in [0.15, 0.2) is 91.0 Å². The van der Waals surface area contributed by atoms with E-state index in [-0.39, 0.29) is 0 Å². The summed E-state index contributed by atoms with van der Waals surface area (Å²) in [7, 11) is 7.18. The van der Waals surface area contributed by atoms with E-state index in [0.29, 0.717) is 45.5 Å². The molecule has 44 heavy (non-hydrogen) atoms. The molecule has 2 atom stereocenters. The van der Waals surface area contributed by atoms with E-state index in [1.54, 1.807) is 66.7 Å². The second-order valence-electron chi connectivity index (χ2n) is 9.62. The lowest BCUT2D eigenvalue weighted by molar-refractivity contribution is -0.147. The van der Waals surface area contributed by atoms with E-state index in [9.17, 15) is 18.0 Å². The molecule has 0 saturated carbocycles. The maximum absolute atomic E-state index is 14.3. The van der Waals surface area contributed by atoms with Crippen molar-refractivity contribution in [1.29, 1.82) is 0 Å². The number of esters is 1. The van der Waals surface area contributed by atoms with Crippen LogP contribution >= 0.6 is 0 Å². The van der Waals surface area contributed by atoms with Crippen molar-refractivity contribution in [3.8, 4) is 23.0 Å². The molecule has 0 aliphatic heterocycles. The van der Waals surface area contributed by atoms with Crippen LogP contribution in [-0.2, 0) is 21.2 Å². The van der Waals surface area contributed by atoms with E-state index in [0.717, 1.165) is 12.1 Å². The monoisotopic (exact) mass is 610 g/mol. The number of carbonyl (C=O) groups is 1. The number of hydrogen-bond donors (Lipinski definition) is 2. The molecule has 0 aliphatic rings. The molecule has 0 spiro atoms. The zero-order valence-corrected chi connectivity index (χ0v) is 24.8. The van der Waals surface area contributed by atoms with Crippen molar-refractivity contribution in [2.45, 2.75) is 17.8 Å². The van der Waals surface area contributed by atoms with Gasteiger partial charge < -0.3 is 34.3 Å². The minimum atomic E-state index is -4.57. The summed E-state index contributed by atoms with van der Waals surface area (Å²) in [6.45, 7) is 0. The Balaban J connectivity index is 2.07. The summed E-state index contributed by atoms with van der Waals surface area (Å²) in [6.07, 6.45) is -4.57. The Labute approximate surface area is 253 Å². The van der Waals surface area contributed by atoms with Gasteiger partial charge in [-0.25, -0.2) is 4.79 Å². The second-order valence-corrected chi connectivity index (χ2v) is 9.62. The Morgan fingerprint density at radius 1 is 0.659 bits per heavy atom. The van der Waals surface area contributed by atoms with E-state index >= 15 is 0 Å². The maximum atomic E-state index is 14.3. The van der Waals surface area contributed by atoms with Gasteiger partial charge in [0.05, 0.1) is 58.5 Å². The van der Waals surface area contributed by atoms with Gasteiger partial charge in [-0.3, -0.25) is 0 Å². The highest BCUT2D eigenvalue weighted by molar-refractivity contribution is 5.89. The first kappa shape index (κ1) is 31.9. The summed E-state index contributed by atoms with van der Waals surface area (Å²) < 4.78 is 68.4. The molecule has 4 aromatic carbocycles. The van der Waals surface area contributed by atoms with Crippen LogP contribution in [0.1, 0.15) is 22.7 Å². The average Bonchev–Trinajstić information content (AvgIpc) is 3.05. The van der Waals surface area contributed by atoms with Gasteiger partial charge in [-0.1, -0.05) is 42.5 Å². The number of ether oxygens (including phenoxy) is 5. The van der Waals surface area contributed by atoms with Gasteiger partial charge in [0.1, 0.15) is 23.0 Å². The third-order valence-electron chi connectivity index (χ3n) is 7.19. The summed E-state index contributed by atoms with van der Waals surface area (Å²) in [5.74, 6) is 0.973. The zero-order valence-electron chi connectivity index (χ0n) is 24.8. The molecule has 4 aromatic rings. The van der Waals surface area contributed by atoms with Crippen molar-refractivity contribution < 1.29 is 41.7 Å². The van der Waals surface area contributed by atoms with E-state index < -0.39 is 29.3 Å². The Hall–Kier alpha value is -5.06. The van der Waals surface area contributed by atoms with Crippen molar-refractivity contribution >= 4 is 17.3 Å². The van der Waals surface area contributed by atoms with Crippen molar-refractivity contribution in [3.63, 3.8) is 0 Å². The number of nitrogens with one attached hydrogen (secondary N) is 2. The number of rotatable bonds is 12. The Kier molecular flexibility index (Phi) is 9.77. The maximum Gasteiger partial charge on any atom is 0.416 e. The number of hydrogen-bond acceptors (Lipinski definition) is 8. The quantitative estimate of drug-likeness (QED) is 0.165. The SMILES string of the molecule is COC(=O)C(Nc1cc(OC)ccc1OC)(c1ccccc1)C(Nc1cc(OC)ccc1OC)c1ccc(C(F)(F)F)cc1. The lowest BCUT2D eigenvalue weighted by Crippen LogP contribution is -2.52. The third-order valence-corrected chi connectivity index (χ3v) is 7.19. The van der Waals surface area contributed by atoms with Gasteiger partial charge in [-0.15, -0.1) is 0 Å². The average molecular weight is 611 g/mol. The Bertz CT molecular complexity index is 1560. The van der Waals surface area contributed by atoms with Gasteiger partial charge >= 0.3 is 12.1 Å². The molecular formula is C33H33F3N2O6. The largest absolute Gasteiger partial charge is 0.497 e. The normalized spacial score (nSPS) is 13.2. The van der Waals surface area contributed by atoms with E-state index in [2.05, 4.69) is 10.6 Å². The molecule has 0 radical (unpaired) electrons. The molecule has 0 saturated heterocycles. The van der Waals surface area contributed by atoms with Crippen molar-refractivity contribution in [1.82, 2.24) is 0 Å². The summed E-state index contributed by atoms with van der Waals surface area (Å²) in [5, 5.41) is 6.71. The standard InChI is InChI=1S/C33H33F3N2O6/c1-40-24-15-17-28(42-3)26(19-24)37-30(21-11-13-23(14-12-21)33(34,35)36)32(31(39)44-5,22-9-7-6-8-10-22)38-27-20-25(41-2)16-18-29(27)43-4/h6-20,30,37-38H,1-5H3. The fourth-order valence-electron chi connectivity index (χ4n) is 4.97. The number of anilines is 2. The number of halogens is 3. The molecule has 0 heterocycles. The fraction of sp³-hybridized carbons (Fsp3) is 0.242. The fourth-order valence-corrected chi connectivity index (χ4v) is 4.97. The third kappa shape index (κ3) is 6.46. The van der Waals surface area contributed by atoms with Crippen LogP contribution in [0.25, 0.3) is 0 Å². The predicted molar refractivity (Wildman–Crippen MR) is 161 cm³/mol. The van der Waals surface area contributed by atoms with Crippen molar-refractivity contribution in [3.05, 3.63) is 108 Å². The molecule has 4 rings (SSSR count). The van der Waals surface area contributed by atoms with Gasteiger partial charge in [0.2, 0.25) is 0 Å². The van der Waals surface area contributed by atoms with E-state index in [1.807, 2.05) is 0 Å². The number of alkyl halides is 3. The van der Waals surface area contributed by atoms with Crippen LogP contribution in [0.2, 0.25) is 0 Å². The molecule has 11 heteroatoms. The van der Waals surface area contributed by atoms with Crippen molar-refractivity contribution in [2.75, 3.05) is 46.2 Å². The summed E-state index contributed by atoms with van der Waals surface area (Å²) >= 11 is 0. The second kappa shape index (κ2) is 13.5. The minimum absolute atomic E-state index is 0.325. The van der Waals surface area contributed by atoms with Gasteiger partial charge in [0.25, 0.3) is 0 Å². The molecule has 0 bridgehead atoms. The summed E-state index contributed by atoms with van der Waals surface area (Å²) in [5.41, 5.74) is -1.13. The van der Waals surface area contributed by atoms with Crippen LogP contribution in [0.3, 0.4) is 0 Å². The number of carbonyl (C=O) groups excluding carboxylic acids is 1. The summed E-state index contributed by atoms with van der Waals surface area (Å²) in [4.78, 5) is 14.3. The molecule has 0 amide bonds. The number of methoxy groups -OCH3 is 5. The van der Waals surface area contributed by atoms with Crippen LogP contribution < -0.4 is 29.6 Å². The van der Waals surface area contributed by atoms with E-state index in [1.165, 1.54) is 47.7 Å². The van der Waals surface area contributed by atoms with Gasteiger partial charge in [0.15, 0.2) is 5.54 Å². The van der Waals surface area contributed by atoms with E-state index in [4.69, 9.17) is 23.7 Å². The molecule has 232 valence electrons. The van der Waals surface area contributed by atoms with Crippen molar-refractivity contribution in [2.24, 2.45) is 0 Å². The molecular weight excluding hydrogens is 577 g/mol. The Morgan fingerprint density at radius 2 is 1.20 bits per heavy atom. The molecule has 0 fully saturated rings. The number of benzene rings is 4. The molecule has 8 nitrogen and oxygen atoms in total. The zero-order chi connectivity index (χ0) is 31.9. The van der Waals surface area contributed by atoms with Crippen LogP contribution in [0.4, 0.5) is 24.5 Å². The highest BCUT2D eigenvalue weighted by Crippen LogP contribution is 2.46. The highest BCUT2D eigenvalue weighted by atomic mass is 19.4. The highest BCUT2D eigenvalue weighted by Gasteiger charge is 2.50. The first-order chi connectivity index (χ1) is 21.1. The molecule has 2 N–H and O–H groups in total. The molecule has 2 unspecified atom stereocenters. The minimum Gasteiger partial charge on any atom is -0.497 e. The van der Waals surface area contributed by atoms with Gasteiger partial charge in [0, 0.05) is 12.1 Å². The lowest BCUT2D eigenvalue weighted by Gasteiger charge is -2.41. The molecule has 0 aromatic heterocycles. The van der Waals surface area contributed by atoms with Crippen LogP contribution in [0, 0.1) is 0 Å². The Morgan fingerprint density at radius 3 is 1.70 bits per heavy atom. The van der Waals surface area contributed by atoms with Crippen LogP contribution in [-0.4, -0.2) is 41.5 Å². The van der Waals surface area contributed by atoms with Crippen LogP contribution in [0.5, 0.6) is 23.0 Å². The van der Waals surface area contributed by atoms with Gasteiger partial charge in [-0.2, -0.15) is 13.2 Å². The topological polar surface area (TPSA) is 87.3 Å². The first-order valence-electron chi connectivity index (χ1n) is 13.4.